The average molecular weight is 339 g/mol. The molecule has 1 atom stereocenters. The summed E-state index contributed by atoms with van der Waals surface area (Å²) in [6.07, 6.45) is 1.94. The summed E-state index contributed by atoms with van der Waals surface area (Å²) in [6.45, 7) is 1.38. The number of aliphatic hydroxyl groups excluding tert-OH is 1. The number of halogens is 2. The fourth-order valence-corrected chi connectivity index (χ4v) is 3.32. The molecule has 1 aromatic heterocycles. The Kier molecular flexibility index (Phi) is 4.45. The second-order valence-electron chi connectivity index (χ2n) is 5.41. The highest BCUT2D eigenvalue weighted by atomic mass is 32.2. The number of ketones is 1. The molecule has 1 saturated carbocycles. The van der Waals surface area contributed by atoms with Crippen LogP contribution in [0.4, 0.5) is 8.78 Å². The van der Waals surface area contributed by atoms with Crippen molar-refractivity contribution < 1.29 is 18.7 Å². The van der Waals surface area contributed by atoms with Crippen molar-refractivity contribution >= 4 is 17.5 Å². The van der Waals surface area contributed by atoms with Gasteiger partial charge in [-0.1, -0.05) is 11.8 Å². The highest BCUT2D eigenvalue weighted by molar-refractivity contribution is 8.00. The van der Waals surface area contributed by atoms with Crippen LogP contribution in [0.15, 0.2) is 23.4 Å². The summed E-state index contributed by atoms with van der Waals surface area (Å²) in [5.41, 5.74) is -0.273. The van der Waals surface area contributed by atoms with Gasteiger partial charge in [0.2, 0.25) is 0 Å². The molecule has 122 valence electrons. The molecular formula is C15H15F2N3O2S. The van der Waals surface area contributed by atoms with Crippen molar-refractivity contribution in [2.75, 3.05) is 0 Å². The zero-order valence-corrected chi connectivity index (χ0v) is 13.2. The van der Waals surface area contributed by atoms with Gasteiger partial charge >= 0.3 is 0 Å². The second-order valence-corrected chi connectivity index (χ2v) is 6.71. The van der Waals surface area contributed by atoms with Crippen LogP contribution in [0.25, 0.3) is 0 Å². The van der Waals surface area contributed by atoms with E-state index in [4.69, 9.17) is 0 Å². The first-order chi connectivity index (χ1) is 11.0. The van der Waals surface area contributed by atoms with Gasteiger partial charge in [0.05, 0.1) is 10.8 Å². The molecule has 0 spiro atoms. The van der Waals surface area contributed by atoms with E-state index in [0.717, 1.165) is 42.8 Å². The molecule has 0 radical (unpaired) electrons. The number of rotatable bonds is 6. The number of aliphatic hydroxyl groups is 1. The number of aromatic nitrogens is 3. The summed E-state index contributed by atoms with van der Waals surface area (Å²) in [5, 5.41) is 17.1. The van der Waals surface area contributed by atoms with E-state index in [1.54, 1.807) is 6.92 Å². The normalized spacial score (nSPS) is 15.7. The van der Waals surface area contributed by atoms with Crippen molar-refractivity contribution in [3.63, 3.8) is 0 Å². The Labute approximate surface area is 135 Å². The summed E-state index contributed by atoms with van der Waals surface area (Å²) in [5.74, 6) is -1.46. The molecule has 3 rings (SSSR count). The number of nitrogens with zero attached hydrogens (tertiary/aromatic N) is 3. The smallest absolute Gasteiger partial charge is 0.192 e. The Hall–Kier alpha value is -1.80. The van der Waals surface area contributed by atoms with Gasteiger partial charge in [0.15, 0.2) is 16.8 Å². The van der Waals surface area contributed by atoms with Gasteiger partial charge in [0, 0.05) is 6.04 Å². The fourth-order valence-electron chi connectivity index (χ4n) is 2.31. The van der Waals surface area contributed by atoms with Gasteiger partial charge in [-0.15, -0.1) is 10.2 Å². The molecule has 1 aromatic carbocycles. The van der Waals surface area contributed by atoms with Crippen LogP contribution in [-0.4, -0.2) is 30.9 Å². The Balaban J connectivity index is 1.81. The van der Waals surface area contributed by atoms with Crippen LogP contribution in [0.5, 0.6) is 0 Å². The lowest BCUT2D eigenvalue weighted by Gasteiger charge is -2.12. The number of hydrogen-bond donors (Lipinski definition) is 1. The zero-order valence-electron chi connectivity index (χ0n) is 12.4. The standard InChI is InChI=1S/C15H15F2N3O2S/c1-8(14(22)11-6-9(16)2-5-12(11)17)23-15-19-18-13(7-21)20(15)10-3-4-10/h2,5-6,8,10,21H,3-4,7H2,1H3. The molecule has 1 fully saturated rings. The molecule has 5 nitrogen and oxygen atoms in total. The molecule has 1 aliphatic carbocycles. The van der Waals surface area contributed by atoms with Crippen LogP contribution in [0.1, 0.15) is 42.0 Å². The van der Waals surface area contributed by atoms with E-state index in [2.05, 4.69) is 10.2 Å². The molecule has 23 heavy (non-hydrogen) atoms. The van der Waals surface area contributed by atoms with E-state index >= 15 is 0 Å². The topological polar surface area (TPSA) is 68.0 Å². The number of hydrogen-bond acceptors (Lipinski definition) is 5. The molecule has 0 saturated heterocycles. The van der Waals surface area contributed by atoms with Crippen LogP contribution in [-0.2, 0) is 6.61 Å². The largest absolute Gasteiger partial charge is 0.388 e. The number of benzene rings is 1. The predicted molar refractivity (Wildman–Crippen MR) is 80.2 cm³/mol. The lowest BCUT2D eigenvalue weighted by Crippen LogP contribution is -2.16. The molecular weight excluding hydrogens is 324 g/mol. The van der Waals surface area contributed by atoms with E-state index in [0.29, 0.717) is 11.0 Å². The van der Waals surface area contributed by atoms with E-state index in [-0.39, 0.29) is 18.2 Å². The minimum Gasteiger partial charge on any atom is -0.388 e. The van der Waals surface area contributed by atoms with Gasteiger partial charge in [0.1, 0.15) is 18.2 Å². The second kappa shape index (κ2) is 6.37. The maximum Gasteiger partial charge on any atom is 0.192 e. The number of carbonyl (C=O) groups is 1. The maximum absolute atomic E-state index is 13.7. The summed E-state index contributed by atoms with van der Waals surface area (Å²) < 4.78 is 28.8. The van der Waals surface area contributed by atoms with Crippen LogP contribution >= 0.6 is 11.8 Å². The van der Waals surface area contributed by atoms with Crippen LogP contribution < -0.4 is 0 Å². The quantitative estimate of drug-likeness (QED) is 0.647. The molecule has 8 heteroatoms. The molecule has 0 aliphatic heterocycles. The van der Waals surface area contributed by atoms with Crippen molar-refractivity contribution in [1.29, 1.82) is 0 Å². The Morgan fingerprint density at radius 3 is 2.83 bits per heavy atom. The van der Waals surface area contributed by atoms with Crippen LogP contribution in [0, 0.1) is 11.6 Å². The van der Waals surface area contributed by atoms with Crippen molar-refractivity contribution in [2.24, 2.45) is 0 Å². The monoisotopic (exact) mass is 339 g/mol. The van der Waals surface area contributed by atoms with Crippen LogP contribution in [0.3, 0.4) is 0 Å². The zero-order chi connectivity index (χ0) is 16.6. The Morgan fingerprint density at radius 1 is 1.43 bits per heavy atom. The number of thioether (sulfide) groups is 1. The van der Waals surface area contributed by atoms with Gasteiger partial charge < -0.3 is 9.67 Å². The molecule has 2 aromatic rings. The Morgan fingerprint density at radius 2 is 2.17 bits per heavy atom. The minimum atomic E-state index is -0.747. The highest BCUT2D eigenvalue weighted by Crippen LogP contribution is 2.39. The predicted octanol–water partition coefficient (Wildman–Crippen LogP) is 2.75. The molecule has 1 N–H and O–H groups in total. The SMILES string of the molecule is CC(Sc1nnc(CO)n1C1CC1)C(=O)c1cc(F)ccc1F. The average Bonchev–Trinajstić information content (AvgIpc) is 3.30. The summed E-state index contributed by atoms with van der Waals surface area (Å²) in [7, 11) is 0. The van der Waals surface area contributed by atoms with Gasteiger partial charge in [0.25, 0.3) is 0 Å². The first-order valence-electron chi connectivity index (χ1n) is 7.21. The van der Waals surface area contributed by atoms with E-state index in [1.807, 2.05) is 4.57 Å². The summed E-state index contributed by atoms with van der Waals surface area (Å²) in [4.78, 5) is 12.4. The summed E-state index contributed by atoms with van der Waals surface area (Å²) in [6, 6.07) is 3.06. The molecule has 1 aliphatic rings. The van der Waals surface area contributed by atoms with Gasteiger partial charge in [-0.25, -0.2) is 8.78 Å². The summed E-state index contributed by atoms with van der Waals surface area (Å²) >= 11 is 1.13. The van der Waals surface area contributed by atoms with E-state index < -0.39 is 22.7 Å². The van der Waals surface area contributed by atoms with E-state index in [1.165, 1.54) is 0 Å². The van der Waals surface area contributed by atoms with E-state index in [9.17, 15) is 18.7 Å². The molecule has 1 unspecified atom stereocenters. The van der Waals surface area contributed by atoms with Crippen molar-refractivity contribution in [3.8, 4) is 0 Å². The van der Waals surface area contributed by atoms with Crippen molar-refractivity contribution in [3.05, 3.63) is 41.2 Å². The fraction of sp³-hybridized carbons (Fsp3) is 0.400. The lowest BCUT2D eigenvalue weighted by molar-refractivity contribution is 0.0989. The third-order valence-electron chi connectivity index (χ3n) is 3.63. The third-order valence-corrected chi connectivity index (χ3v) is 4.69. The minimum absolute atomic E-state index is 0.231. The number of carbonyl (C=O) groups excluding carboxylic acids is 1. The molecule has 0 bridgehead atoms. The van der Waals surface area contributed by atoms with Gasteiger partial charge in [-0.3, -0.25) is 4.79 Å². The van der Waals surface area contributed by atoms with Crippen molar-refractivity contribution in [1.82, 2.24) is 14.8 Å². The van der Waals surface area contributed by atoms with Crippen LogP contribution in [0.2, 0.25) is 0 Å². The first-order valence-corrected chi connectivity index (χ1v) is 8.09. The van der Waals surface area contributed by atoms with Crippen molar-refractivity contribution in [2.45, 2.75) is 42.8 Å². The molecule has 0 amide bonds. The van der Waals surface area contributed by atoms with Gasteiger partial charge in [-0.05, 0) is 38.0 Å². The lowest BCUT2D eigenvalue weighted by atomic mass is 10.1. The Bertz CT molecular complexity index is 746. The maximum atomic E-state index is 13.7. The van der Waals surface area contributed by atoms with Gasteiger partial charge in [-0.2, -0.15) is 0 Å². The number of Topliss-reactive ketones (excluding diaryl/α,β-unsaturated/α-hetero) is 1. The third kappa shape index (κ3) is 3.28. The first kappa shape index (κ1) is 16.1. The highest BCUT2D eigenvalue weighted by Gasteiger charge is 2.31. The molecule has 1 heterocycles.